The van der Waals surface area contributed by atoms with Crippen molar-refractivity contribution >= 4 is 17.6 Å². The van der Waals surface area contributed by atoms with Gasteiger partial charge in [-0.05, 0) is 54.8 Å². The van der Waals surface area contributed by atoms with Crippen molar-refractivity contribution in [2.24, 2.45) is 0 Å². The topological polar surface area (TPSA) is 64.6 Å². The average molecular weight is 418 g/mol. The number of ether oxygens (including phenoxy) is 2. The number of nitrogens with one attached hydrogen (secondary N) is 1. The Balaban J connectivity index is 1.51. The number of benzene rings is 3. The number of amides is 1. The lowest BCUT2D eigenvalue weighted by Gasteiger charge is -2.10. The largest absolute Gasteiger partial charge is 0.484 e. The molecule has 0 aliphatic rings. The molecule has 0 aliphatic heterocycles. The molecule has 0 aliphatic carbocycles. The summed E-state index contributed by atoms with van der Waals surface area (Å²) in [5.41, 5.74) is 4.35. The summed E-state index contributed by atoms with van der Waals surface area (Å²) in [6, 6.07) is 22.6. The van der Waals surface area contributed by atoms with Crippen LogP contribution in [0.3, 0.4) is 0 Å². The molecular weight excluding hydrogens is 390 g/mol. The van der Waals surface area contributed by atoms with Gasteiger partial charge in [0.05, 0.1) is 12.2 Å². The maximum Gasteiger partial charge on any atom is 0.338 e. The first-order valence-electron chi connectivity index (χ1n) is 10.4. The number of rotatable bonds is 9. The van der Waals surface area contributed by atoms with Gasteiger partial charge in [-0.2, -0.15) is 0 Å². The van der Waals surface area contributed by atoms with Crippen molar-refractivity contribution in [1.82, 2.24) is 0 Å². The lowest BCUT2D eigenvalue weighted by molar-refractivity contribution is -0.118. The number of carbonyl (C=O) groups is 2. The van der Waals surface area contributed by atoms with Crippen LogP contribution in [0.4, 0.5) is 5.69 Å². The highest BCUT2D eigenvalue weighted by molar-refractivity contribution is 5.95. The second-order valence-electron chi connectivity index (χ2n) is 7.30. The van der Waals surface area contributed by atoms with Crippen LogP contribution in [0, 0.1) is 6.92 Å². The molecule has 160 valence electrons. The summed E-state index contributed by atoms with van der Waals surface area (Å²) in [5, 5.41) is 2.75. The zero-order chi connectivity index (χ0) is 22.1. The van der Waals surface area contributed by atoms with Crippen LogP contribution < -0.4 is 10.1 Å². The minimum atomic E-state index is -0.394. The highest BCUT2D eigenvalue weighted by Crippen LogP contribution is 2.23. The van der Waals surface area contributed by atoms with E-state index in [-0.39, 0.29) is 12.5 Å². The van der Waals surface area contributed by atoms with Crippen LogP contribution in [0.5, 0.6) is 5.75 Å². The second-order valence-corrected chi connectivity index (χ2v) is 7.30. The van der Waals surface area contributed by atoms with E-state index in [1.165, 1.54) is 5.56 Å². The molecule has 5 nitrogen and oxygen atoms in total. The van der Waals surface area contributed by atoms with Crippen LogP contribution in [0.15, 0.2) is 72.8 Å². The van der Waals surface area contributed by atoms with Crippen molar-refractivity contribution in [2.75, 3.05) is 18.5 Å². The predicted molar refractivity (Wildman–Crippen MR) is 122 cm³/mol. The first kappa shape index (κ1) is 22.1. The molecule has 0 heterocycles. The molecule has 3 aromatic rings. The number of hydrogen-bond acceptors (Lipinski definition) is 4. The predicted octanol–water partition coefficient (Wildman–Crippen LogP) is 5.64. The molecule has 1 amide bonds. The maximum absolute atomic E-state index is 12.2. The number of hydrogen-bond donors (Lipinski definition) is 1. The highest BCUT2D eigenvalue weighted by Gasteiger charge is 2.10. The third-order valence-electron chi connectivity index (χ3n) is 4.72. The van der Waals surface area contributed by atoms with Crippen molar-refractivity contribution in [3.05, 3.63) is 83.9 Å². The van der Waals surface area contributed by atoms with Gasteiger partial charge in [0.25, 0.3) is 5.91 Å². The minimum absolute atomic E-state index is 0.130. The fraction of sp³-hybridized carbons (Fsp3) is 0.231. The average Bonchev–Trinajstić information content (AvgIpc) is 2.79. The van der Waals surface area contributed by atoms with Gasteiger partial charge in [-0.3, -0.25) is 4.79 Å². The molecule has 3 aromatic carbocycles. The van der Waals surface area contributed by atoms with Crippen molar-refractivity contribution in [3.8, 4) is 16.9 Å². The number of esters is 1. The van der Waals surface area contributed by atoms with E-state index < -0.39 is 5.97 Å². The molecule has 3 rings (SSSR count). The highest BCUT2D eigenvalue weighted by atomic mass is 16.5. The summed E-state index contributed by atoms with van der Waals surface area (Å²) in [5.74, 6) is -0.0900. The Bertz CT molecular complexity index is 1010. The Morgan fingerprint density at radius 1 is 0.903 bits per heavy atom. The molecule has 31 heavy (non-hydrogen) atoms. The molecule has 0 spiro atoms. The summed E-state index contributed by atoms with van der Waals surface area (Å²) in [7, 11) is 0. The van der Waals surface area contributed by atoms with Crippen molar-refractivity contribution in [3.63, 3.8) is 0 Å². The number of aryl methyl sites for hydroxylation is 1. The smallest absolute Gasteiger partial charge is 0.338 e. The minimum Gasteiger partial charge on any atom is -0.484 e. The van der Waals surface area contributed by atoms with E-state index >= 15 is 0 Å². The molecular formula is C26H27NO4. The summed E-state index contributed by atoms with van der Waals surface area (Å²) in [4.78, 5) is 24.3. The van der Waals surface area contributed by atoms with Gasteiger partial charge in [0.15, 0.2) is 6.61 Å². The zero-order valence-electron chi connectivity index (χ0n) is 17.9. The lowest BCUT2D eigenvalue weighted by atomic mass is 10.0. The monoisotopic (exact) mass is 417 g/mol. The fourth-order valence-corrected chi connectivity index (χ4v) is 2.95. The van der Waals surface area contributed by atoms with Gasteiger partial charge in [0, 0.05) is 5.69 Å². The quantitative estimate of drug-likeness (QED) is 0.362. The van der Waals surface area contributed by atoms with Gasteiger partial charge in [0.1, 0.15) is 5.75 Å². The standard InChI is InChI=1S/C26H27NO4/c1-3-4-16-30-26(29)22-6-5-7-23(17-22)27-25(28)18-31-24-14-12-21(13-15-24)20-10-8-19(2)9-11-20/h5-15,17H,3-4,16,18H2,1-2H3,(H,27,28). The fourth-order valence-electron chi connectivity index (χ4n) is 2.95. The molecule has 1 N–H and O–H groups in total. The zero-order valence-corrected chi connectivity index (χ0v) is 17.9. The van der Waals surface area contributed by atoms with E-state index in [4.69, 9.17) is 9.47 Å². The Hall–Kier alpha value is -3.60. The van der Waals surface area contributed by atoms with Crippen LogP contribution >= 0.6 is 0 Å². The summed E-state index contributed by atoms with van der Waals surface area (Å²) in [6.45, 7) is 4.35. The van der Waals surface area contributed by atoms with E-state index in [2.05, 4.69) is 36.5 Å². The second kappa shape index (κ2) is 11.0. The van der Waals surface area contributed by atoms with Gasteiger partial charge in [-0.1, -0.05) is 61.4 Å². The van der Waals surface area contributed by atoms with Gasteiger partial charge in [-0.15, -0.1) is 0 Å². The lowest BCUT2D eigenvalue weighted by Crippen LogP contribution is -2.20. The number of unbranched alkanes of at least 4 members (excludes halogenated alkanes) is 1. The van der Waals surface area contributed by atoms with Gasteiger partial charge in [-0.25, -0.2) is 4.79 Å². The van der Waals surface area contributed by atoms with Crippen LogP contribution in [-0.2, 0) is 9.53 Å². The Morgan fingerprint density at radius 2 is 1.58 bits per heavy atom. The SMILES string of the molecule is CCCCOC(=O)c1cccc(NC(=O)COc2ccc(-c3ccc(C)cc3)cc2)c1. The molecule has 0 unspecified atom stereocenters. The molecule has 0 radical (unpaired) electrons. The van der Waals surface area contributed by atoms with Crippen LogP contribution in [-0.4, -0.2) is 25.1 Å². The summed E-state index contributed by atoms with van der Waals surface area (Å²) >= 11 is 0. The van der Waals surface area contributed by atoms with E-state index in [0.29, 0.717) is 23.6 Å². The van der Waals surface area contributed by atoms with E-state index in [1.54, 1.807) is 24.3 Å². The molecule has 0 bridgehead atoms. The Morgan fingerprint density at radius 3 is 2.26 bits per heavy atom. The van der Waals surface area contributed by atoms with Crippen molar-refractivity contribution < 1.29 is 19.1 Å². The summed E-state index contributed by atoms with van der Waals surface area (Å²) < 4.78 is 10.8. The van der Waals surface area contributed by atoms with E-state index in [0.717, 1.165) is 24.0 Å². The van der Waals surface area contributed by atoms with Crippen LogP contribution in [0.25, 0.3) is 11.1 Å². The van der Waals surface area contributed by atoms with Gasteiger partial charge < -0.3 is 14.8 Å². The number of anilines is 1. The van der Waals surface area contributed by atoms with E-state index in [1.807, 2.05) is 31.2 Å². The molecule has 0 atom stereocenters. The third-order valence-corrected chi connectivity index (χ3v) is 4.72. The first-order chi connectivity index (χ1) is 15.0. The van der Waals surface area contributed by atoms with E-state index in [9.17, 15) is 9.59 Å². The van der Waals surface area contributed by atoms with Gasteiger partial charge in [0.2, 0.25) is 0 Å². The van der Waals surface area contributed by atoms with Crippen molar-refractivity contribution in [2.45, 2.75) is 26.7 Å². The molecule has 5 heteroatoms. The Labute approximate surface area is 183 Å². The normalized spacial score (nSPS) is 10.4. The third kappa shape index (κ3) is 6.71. The van der Waals surface area contributed by atoms with Crippen LogP contribution in [0.2, 0.25) is 0 Å². The van der Waals surface area contributed by atoms with Gasteiger partial charge >= 0.3 is 5.97 Å². The van der Waals surface area contributed by atoms with Crippen LogP contribution in [0.1, 0.15) is 35.7 Å². The molecule has 0 saturated carbocycles. The number of carbonyl (C=O) groups excluding carboxylic acids is 2. The molecule has 0 saturated heterocycles. The first-order valence-corrected chi connectivity index (χ1v) is 10.4. The maximum atomic E-state index is 12.2. The molecule has 0 fully saturated rings. The van der Waals surface area contributed by atoms with Crippen molar-refractivity contribution in [1.29, 1.82) is 0 Å². The molecule has 0 aromatic heterocycles. The summed E-state index contributed by atoms with van der Waals surface area (Å²) in [6.07, 6.45) is 1.78. The Kier molecular flexibility index (Phi) is 7.82.